The minimum absolute atomic E-state index is 0.0231. The lowest BCUT2D eigenvalue weighted by Crippen LogP contribution is -2.37. The number of phosphoric ester groups is 1. The van der Waals surface area contributed by atoms with Gasteiger partial charge in [-0.2, -0.15) is 0 Å². The lowest BCUT2D eigenvalue weighted by atomic mass is 10.0. The summed E-state index contributed by atoms with van der Waals surface area (Å²) in [6.07, 6.45) is 43.0. The van der Waals surface area contributed by atoms with Crippen molar-refractivity contribution in [3.63, 3.8) is 0 Å². The van der Waals surface area contributed by atoms with Gasteiger partial charge in [0.1, 0.15) is 19.8 Å². The number of phosphoric acid groups is 1. The fraction of sp³-hybridized carbons (Fsp3) is 0.778. The van der Waals surface area contributed by atoms with E-state index in [1.807, 2.05) is 21.1 Å². The Morgan fingerprint density at radius 1 is 0.564 bits per heavy atom. The highest BCUT2D eigenvalue weighted by atomic mass is 31.2. The van der Waals surface area contributed by atoms with Crippen LogP contribution < -0.4 is 0 Å². The Balaban J connectivity index is 4.46. The Kier molecular flexibility index (Phi) is 36.2. The molecule has 0 heterocycles. The molecular weight excluding hydrogens is 713 g/mol. The molecule has 0 rings (SSSR count). The summed E-state index contributed by atoms with van der Waals surface area (Å²) in [5, 5.41) is 0. The van der Waals surface area contributed by atoms with Gasteiger partial charge in [-0.1, -0.05) is 159 Å². The van der Waals surface area contributed by atoms with Gasteiger partial charge in [0.05, 0.1) is 27.7 Å². The van der Waals surface area contributed by atoms with Crippen LogP contribution in [0.25, 0.3) is 0 Å². The van der Waals surface area contributed by atoms with Gasteiger partial charge >= 0.3 is 19.8 Å². The van der Waals surface area contributed by atoms with Crippen LogP contribution >= 0.6 is 7.82 Å². The van der Waals surface area contributed by atoms with Gasteiger partial charge in [0, 0.05) is 12.8 Å². The van der Waals surface area contributed by atoms with Gasteiger partial charge in [0.2, 0.25) is 0 Å². The molecule has 1 unspecified atom stereocenters. The molecule has 0 aromatic carbocycles. The van der Waals surface area contributed by atoms with E-state index in [0.717, 1.165) is 38.5 Å². The minimum atomic E-state index is -4.38. The fourth-order valence-corrected chi connectivity index (χ4v) is 6.39. The first-order valence-corrected chi connectivity index (χ1v) is 23.4. The zero-order valence-electron chi connectivity index (χ0n) is 35.9. The summed E-state index contributed by atoms with van der Waals surface area (Å²) in [6.45, 7) is 4.33. The Hall–Kier alpha value is -2.03. The van der Waals surface area contributed by atoms with Crippen molar-refractivity contribution >= 4 is 19.8 Å². The third-order valence-electron chi connectivity index (χ3n) is 9.11. The molecule has 0 bridgehead atoms. The van der Waals surface area contributed by atoms with Crippen molar-refractivity contribution in [3.8, 4) is 0 Å². The number of allylic oxidation sites excluding steroid dienone is 8. The number of hydrogen-bond acceptors (Lipinski definition) is 7. The summed E-state index contributed by atoms with van der Waals surface area (Å²) in [7, 11) is 1.45. The predicted octanol–water partition coefficient (Wildman–Crippen LogP) is 12.3. The minimum Gasteiger partial charge on any atom is -0.462 e. The first kappa shape index (κ1) is 53.0. The molecule has 9 nitrogen and oxygen atoms in total. The van der Waals surface area contributed by atoms with Gasteiger partial charge < -0.3 is 18.9 Å². The van der Waals surface area contributed by atoms with Gasteiger partial charge in [0.15, 0.2) is 6.10 Å². The molecule has 0 aliphatic carbocycles. The number of ether oxygens (including phenoxy) is 2. The highest BCUT2D eigenvalue weighted by molar-refractivity contribution is 7.47. The molecule has 0 fully saturated rings. The number of carbonyl (C=O) groups is 2. The summed E-state index contributed by atoms with van der Waals surface area (Å²) in [4.78, 5) is 35.3. The van der Waals surface area contributed by atoms with Crippen LogP contribution in [0.2, 0.25) is 0 Å². The first-order chi connectivity index (χ1) is 26.5. The van der Waals surface area contributed by atoms with Crippen molar-refractivity contribution < 1.29 is 42.1 Å². The van der Waals surface area contributed by atoms with E-state index in [-0.39, 0.29) is 26.1 Å². The third-order valence-corrected chi connectivity index (χ3v) is 10.1. The number of esters is 2. The van der Waals surface area contributed by atoms with Crippen LogP contribution in [0.4, 0.5) is 0 Å². The average molecular weight is 797 g/mol. The Morgan fingerprint density at radius 3 is 1.51 bits per heavy atom. The standard InChI is InChI=1S/C45H82NO8P/c1-6-8-10-12-14-16-18-20-22-23-24-26-27-29-31-33-35-37-44(47)51-41-43(42-53-55(49,50)52-40-39-46(3,4)5)54-45(48)38-36-34-32-30-28-25-21-19-17-15-13-11-9-7-2/h14,16,20,22,24,26,29,31,43H,6-13,15,17-19,21,23,25,27-28,30,32-42H2,1-5H3/p+1/b16-14-,22-20-,26-24-,31-29-/t43-/m1/s1. The van der Waals surface area contributed by atoms with Crippen LogP contribution in [-0.4, -0.2) is 74.9 Å². The van der Waals surface area contributed by atoms with Gasteiger partial charge in [-0.15, -0.1) is 0 Å². The normalized spacial score (nSPS) is 14.1. The zero-order chi connectivity index (χ0) is 40.7. The largest absolute Gasteiger partial charge is 0.472 e. The Labute approximate surface area is 337 Å². The highest BCUT2D eigenvalue weighted by Gasteiger charge is 2.27. The molecule has 320 valence electrons. The van der Waals surface area contributed by atoms with Gasteiger partial charge in [-0.3, -0.25) is 18.6 Å². The van der Waals surface area contributed by atoms with Crippen LogP contribution in [-0.2, 0) is 32.7 Å². The number of nitrogens with zero attached hydrogens (tertiary/aromatic N) is 1. The number of quaternary nitrogens is 1. The van der Waals surface area contributed by atoms with E-state index in [0.29, 0.717) is 23.9 Å². The van der Waals surface area contributed by atoms with Crippen molar-refractivity contribution in [1.82, 2.24) is 0 Å². The molecule has 0 amide bonds. The van der Waals surface area contributed by atoms with Crippen LogP contribution in [0.5, 0.6) is 0 Å². The van der Waals surface area contributed by atoms with Crippen LogP contribution in [0.1, 0.15) is 174 Å². The lowest BCUT2D eigenvalue weighted by Gasteiger charge is -2.24. The quantitative estimate of drug-likeness (QED) is 0.0215. The van der Waals surface area contributed by atoms with Crippen molar-refractivity contribution in [2.45, 2.75) is 180 Å². The number of hydrogen-bond donors (Lipinski definition) is 1. The topological polar surface area (TPSA) is 108 Å². The van der Waals surface area contributed by atoms with Crippen molar-refractivity contribution in [1.29, 1.82) is 0 Å². The first-order valence-electron chi connectivity index (χ1n) is 21.9. The van der Waals surface area contributed by atoms with Crippen LogP contribution in [0.3, 0.4) is 0 Å². The summed E-state index contributed by atoms with van der Waals surface area (Å²) in [5.41, 5.74) is 0. The molecular formula is C45H83NO8P+. The molecule has 0 saturated carbocycles. The van der Waals surface area contributed by atoms with Crippen LogP contribution in [0, 0.1) is 0 Å². The highest BCUT2D eigenvalue weighted by Crippen LogP contribution is 2.43. The Bertz CT molecular complexity index is 1080. The van der Waals surface area contributed by atoms with E-state index in [1.165, 1.54) is 96.3 Å². The monoisotopic (exact) mass is 797 g/mol. The molecule has 0 spiro atoms. The van der Waals surface area contributed by atoms with Crippen molar-refractivity contribution in [2.24, 2.45) is 0 Å². The van der Waals surface area contributed by atoms with E-state index >= 15 is 0 Å². The molecule has 0 aliphatic rings. The summed E-state index contributed by atoms with van der Waals surface area (Å²) < 4.78 is 34.2. The van der Waals surface area contributed by atoms with Gasteiger partial charge in [-0.05, 0) is 51.4 Å². The van der Waals surface area contributed by atoms with E-state index in [9.17, 15) is 19.0 Å². The predicted molar refractivity (Wildman–Crippen MR) is 229 cm³/mol. The second-order valence-corrected chi connectivity index (χ2v) is 17.2. The number of rotatable bonds is 39. The molecule has 55 heavy (non-hydrogen) atoms. The number of carbonyl (C=O) groups excluding carboxylic acids is 2. The number of likely N-dealkylation sites (N-methyl/N-ethyl adjacent to an activating group) is 1. The summed E-state index contributed by atoms with van der Waals surface area (Å²) in [6, 6.07) is 0. The maximum atomic E-state index is 12.7. The molecule has 0 aliphatic heterocycles. The van der Waals surface area contributed by atoms with E-state index < -0.39 is 32.5 Å². The van der Waals surface area contributed by atoms with Gasteiger partial charge in [0.25, 0.3) is 0 Å². The second-order valence-electron chi connectivity index (χ2n) is 15.7. The van der Waals surface area contributed by atoms with Crippen molar-refractivity contribution in [2.75, 3.05) is 47.5 Å². The van der Waals surface area contributed by atoms with Crippen molar-refractivity contribution in [3.05, 3.63) is 48.6 Å². The number of unbranched alkanes of at least 4 members (excludes halogenated alkanes) is 17. The van der Waals surface area contributed by atoms with E-state index in [1.54, 1.807) is 0 Å². The summed E-state index contributed by atoms with van der Waals surface area (Å²) >= 11 is 0. The molecule has 2 atom stereocenters. The zero-order valence-corrected chi connectivity index (χ0v) is 36.8. The van der Waals surface area contributed by atoms with E-state index in [4.69, 9.17) is 18.5 Å². The Morgan fingerprint density at radius 2 is 1.00 bits per heavy atom. The average Bonchev–Trinajstić information content (AvgIpc) is 3.13. The molecule has 0 saturated heterocycles. The molecule has 0 aromatic rings. The fourth-order valence-electron chi connectivity index (χ4n) is 5.65. The maximum Gasteiger partial charge on any atom is 0.472 e. The molecule has 1 N–H and O–H groups in total. The summed E-state index contributed by atoms with van der Waals surface area (Å²) in [5.74, 6) is -0.863. The second kappa shape index (κ2) is 37.5. The third kappa shape index (κ3) is 41.4. The maximum absolute atomic E-state index is 12.7. The SMILES string of the molecule is CCCCC/C=C\C/C=C\C/C=C\C/C=C\CCCC(=O)OC[C@H](COP(=O)(O)OCC[N+](C)(C)C)OC(=O)CCCCCCCCCCCCCCCC. The molecule has 10 heteroatoms. The lowest BCUT2D eigenvalue weighted by molar-refractivity contribution is -0.870. The molecule has 0 radical (unpaired) electrons. The van der Waals surface area contributed by atoms with Gasteiger partial charge in [-0.25, -0.2) is 4.57 Å². The van der Waals surface area contributed by atoms with E-state index in [2.05, 4.69) is 62.5 Å². The smallest absolute Gasteiger partial charge is 0.462 e. The van der Waals surface area contributed by atoms with Crippen LogP contribution in [0.15, 0.2) is 48.6 Å². The molecule has 0 aromatic heterocycles.